The van der Waals surface area contributed by atoms with Crippen LogP contribution in [0.2, 0.25) is 0 Å². The van der Waals surface area contributed by atoms with Gasteiger partial charge in [0.1, 0.15) is 11.2 Å². The van der Waals surface area contributed by atoms with E-state index in [1.54, 1.807) is 0 Å². The summed E-state index contributed by atoms with van der Waals surface area (Å²) in [5.41, 5.74) is 0. The van der Waals surface area contributed by atoms with E-state index in [0.29, 0.717) is 12.2 Å². The van der Waals surface area contributed by atoms with Crippen LogP contribution in [0.1, 0.15) is 64.2 Å². The predicted molar refractivity (Wildman–Crippen MR) is 68.2 cm³/mol. The van der Waals surface area contributed by atoms with Crippen LogP contribution in [-0.2, 0) is 4.79 Å². The van der Waals surface area contributed by atoms with Crippen LogP contribution in [0, 0.1) is 10.7 Å². The molecule has 0 N–H and O–H groups in total. The van der Waals surface area contributed by atoms with E-state index in [1.807, 2.05) is 0 Å². The van der Waals surface area contributed by atoms with E-state index in [2.05, 4.69) is 5.40 Å². The van der Waals surface area contributed by atoms with E-state index in [4.69, 9.17) is 5.26 Å². The minimum atomic E-state index is -0.0515. The van der Waals surface area contributed by atoms with Crippen LogP contribution in [0.25, 0.3) is 0 Å². The van der Waals surface area contributed by atoms with E-state index in [-0.39, 0.29) is 5.25 Å². The number of nitriles is 1. The smallest absolute Gasteiger partial charge is 0.146 e. The molecule has 3 heteroatoms. The largest absolute Gasteiger partial charge is 0.298 e. The molecule has 1 saturated carbocycles. The second kappa shape index (κ2) is 8.64. The molecule has 1 unspecified atom stereocenters. The molecule has 0 heterocycles. The summed E-state index contributed by atoms with van der Waals surface area (Å²) in [6.45, 7) is 0. The lowest BCUT2D eigenvalue weighted by atomic mass is 10.0. The summed E-state index contributed by atoms with van der Waals surface area (Å²) < 4.78 is 0. The van der Waals surface area contributed by atoms with Gasteiger partial charge in [-0.15, -0.1) is 0 Å². The molecule has 1 atom stereocenters. The maximum Gasteiger partial charge on any atom is 0.146 e. The predicted octanol–water partition coefficient (Wildman–Crippen LogP) is 4.05. The molecule has 0 aromatic heterocycles. The Hall–Kier alpha value is -0.490. The number of hydrogen-bond acceptors (Lipinski definition) is 3. The topological polar surface area (TPSA) is 40.9 Å². The van der Waals surface area contributed by atoms with Gasteiger partial charge in [0.15, 0.2) is 0 Å². The molecular formula is C13H21NOS. The van der Waals surface area contributed by atoms with E-state index in [9.17, 15) is 4.79 Å². The Bertz CT molecular complexity index is 247. The van der Waals surface area contributed by atoms with Gasteiger partial charge in [-0.25, -0.2) is 0 Å². The normalized spacial score (nSPS) is 25.2. The van der Waals surface area contributed by atoms with Gasteiger partial charge in [0.2, 0.25) is 0 Å². The van der Waals surface area contributed by atoms with E-state index in [0.717, 1.165) is 19.3 Å². The fourth-order valence-corrected chi connectivity index (χ4v) is 2.86. The zero-order valence-electron chi connectivity index (χ0n) is 9.91. The van der Waals surface area contributed by atoms with Gasteiger partial charge in [-0.05, 0) is 24.6 Å². The van der Waals surface area contributed by atoms with Gasteiger partial charge in [0, 0.05) is 6.42 Å². The lowest BCUT2D eigenvalue weighted by Crippen LogP contribution is -2.16. The van der Waals surface area contributed by atoms with Crippen molar-refractivity contribution in [1.82, 2.24) is 0 Å². The number of carbonyl (C=O) groups excluding carboxylic acids is 1. The molecule has 0 amide bonds. The second-order valence-corrected chi connectivity index (χ2v) is 5.52. The van der Waals surface area contributed by atoms with E-state index < -0.39 is 0 Å². The number of carbonyl (C=O) groups is 1. The summed E-state index contributed by atoms with van der Waals surface area (Å²) in [5, 5.41) is 10.7. The summed E-state index contributed by atoms with van der Waals surface area (Å²) in [7, 11) is 0. The van der Waals surface area contributed by atoms with Crippen molar-refractivity contribution in [2.75, 3.05) is 0 Å². The molecule has 90 valence electrons. The van der Waals surface area contributed by atoms with Gasteiger partial charge < -0.3 is 0 Å². The van der Waals surface area contributed by atoms with Crippen LogP contribution in [0.3, 0.4) is 0 Å². The molecule has 1 aliphatic carbocycles. The first-order valence-corrected chi connectivity index (χ1v) is 7.30. The highest BCUT2D eigenvalue weighted by atomic mass is 32.2. The molecule has 0 spiro atoms. The molecule has 2 nitrogen and oxygen atoms in total. The maximum atomic E-state index is 11.8. The molecule has 0 bridgehead atoms. The number of hydrogen-bond donors (Lipinski definition) is 0. The highest BCUT2D eigenvalue weighted by molar-refractivity contribution is 8.04. The van der Waals surface area contributed by atoms with Crippen LogP contribution < -0.4 is 0 Å². The van der Waals surface area contributed by atoms with Gasteiger partial charge in [-0.1, -0.05) is 44.9 Å². The third kappa shape index (κ3) is 5.55. The number of thioether (sulfide) groups is 1. The Balaban J connectivity index is 2.40. The Kier molecular flexibility index (Phi) is 7.33. The molecule has 1 aliphatic rings. The molecule has 1 fully saturated rings. The minimum Gasteiger partial charge on any atom is -0.298 e. The van der Waals surface area contributed by atoms with Crippen LogP contribution in [-0.4, -0.2) is 11.0 Å². The molecule has 16 heavy (non-hydrogen) atoms. The SMILES string of the molecule is N#CSC1CCCCCCCCCCC1=O. The van der Waals surface area contributed by atoms with Crippen LogP contribution in [0.5, 0.6) is 0 Å². The number of rotatable bonds is 1. The van der Waals surface area contributed by atoms with Crippen molar-refractivity contribution >= 4 is 17.5 Å². The van der Waals surface area contributed by atoms with Crippen molar-refractivity contribution in [2.45, 2.75) is 69.5 Å². The average Bonchev–Trinajstić information content (AvgIpc) is 2.28. The first kappa shape index (κ1) is 13.6. The lowest BCUT2D eigenvalue weighted by molar-refractivity contribution is -0.118. The second-order valence-electron chi connectivity index (χ2n) is 4.53. The van der Waals surface area contributed by atoms with Crippen molar-refractivity contribution in [3.05, 3.63) is 0 Å². The van der Waals surface area contributed by atoms with E-state index >= 15 is 0 Å². The molecule has 0 saturated heterocycles. The zero-order chi connectivity index (χ0) is 11.6. The van der Waals surface area contributed by atoms with Crippen LogP contribution in [0.15, 0.2) is 0 Å². The summed E-state index contributed by atoms with van der Waals surface area (Å²) in [5.74, 6) is 0.298. The monoisotopic (exact) mass is 239 g/mol. The first-order valence-electron chi connectivity index (χ1n) is 6.42. The quantitative estimate of drug-likeness (QED) is 0.648. The molecule has 1 rings (SSSR count). The highest BCUT2D eigenvalue weighted by Crippen LogP contribution is 2.22. The highest BCUT2D eigenvalue weighted by Gasteiger charge is 2.18. The average molecular weight is 239 g/mol. The molecular weight excluding hydrogens is 218 g/mol. The fourth-order valence-electron chi connectivity index (χ4n) is 2.20. The van der Waals surface area contributed by atoms with Crippen molar-refractivity contribution < 1.29 is 4.79 Å². The summed E-state index contributed by atoms with van der Waals surface area (Å²) in [6.07, 6.45) is 11.3. The number of ketones is 1. The fraction of sp³-hybridized carbons (Fsp3) is 0.846. The Morgan fingerprint density at radius 3 is 2.19 bits per heavy atom. The number of Topliss-reactive ketones (excluding diaryl/α,β-unsaturated/α-hetero) is 1. The molecule has 0 aromatic carbocycles. The Morgan fingerprint density at radius 1 is 1.00 bits per heavy atom. The summed E-state index contributed by atoms with van der Waals surface area (Å²) >= 11 is 1.17. The van der Waals surface area contributed by atoms with Gasteiger partial charge in [0.05, 0.1) is 5.25 Å². The van der Waals surface area contributed by atoms with Crippen molar-refractivity contribution in [3.8, 4) is 5.40 Å². The molecule has 0 aromatic rings. The Morgan fingerprint density at radius 2 is 1.56 bits per heavy atom. The van der Waals surface area contributed by atoms with Crippen molar-refractivity contribution in [3.63, 3.8) is 0 Å². The number of thiocyanates is 1. The van der Waals surface area contributed by atoms with Crippen LogP contribution in [0.4, 0.5) is 0 Å². The zero-order valence-corrected chi connectivity index (χ0v) is 10.7. The van der Waals surface area contributed by atoms with Gasteiger partial charge in [0.25, 0.3) is 0 Å². The Labute approximate surface area is 103 Å². The third-order valence-electron chi connectivity index (χ3n) is 3.19. The summed E-state index contributed by atoms with van der Waals surface area (Å²) in [4.78, 5) is 11.8. The maximum absolute atomic E-state index is 11.8. The van der Waals surface area contributed by atoms with Gasteiger partial charge in [-0.3, -0.25) is 4.79 Å². The lowest BCUT2D eigenvalue weighted by Gasteiger charge is -2.12. The first-order chi connectivity index (χ1) is 7.84. The molecule has 0 aliphatic heterocycles. The third-order valence-corrected chi connectivity index (χ3v) is 4.08. The van der Waals surface area contributed by atoms with Crippen molar-refractivity contribution in [2.24, 2.45) is 0 Å². The number of nitrogens with zero attached hydrogens (tertiary/aromatic N) is 1. The summed E-state index contributed by atoms with van der Waals surface area (Å²) in [6, 6.07) is 0. The standard InChI is InChI=1S/C13H21NOS/c14-11-16-13-10-8-6-4-2-1-3-5-7-9-12(13)15/h13H,1-10H2. The van der Waals surface area contributed by atoms with Gasteiger partial charge in [-0.2, -0.15) is 5.26 Å². The van der Waals surface area contributed by atoms with E-state index in [1.165, 1.54) is 50.3 Å². The van der Waals surface area contributed by atoms with Crippen LogP contribution >= 0.6 is 11.8 Å². The van der Waals surface area contributed by atoms with Crippen molar-refractivity contribution in [1.29, 1.82) is 5.26 Å². The molecule has 0 radical (unpaired) electrons. The van der Waals surface area contributed by atoms with Gasteiger partial charge >= 0.3 is 0 Å². The minimum absolute atomic E-state index is 0.0515.